The average molecular weight is 1010 g/mol. The summed E-state index contributed by atoms with van der Waals surface area (Å²) in [6.07, 6.45) is 2.88. The quantitative estimate of drug-likeness (QED) is 0.0466. The number of esters is 9. The predicted molar refractivity (Wildman–Crippen MR) is 251 cm³/mol. The summed E-state index contributed by atoms with van der Waals surface area (Å²) in [7, 11) is 0. The van der Waals surface area contributed by atoms with Gasteiger partial charge in [0.15, 0.2) is 0 Å². The van der Waals surface area contributed by atoms with E-state index >= 15 is 0 Å². The monoisotopic (exact) mass is 1010 g/mol. The Morgan fingerprint density at radius 1 is 0.708 bits per heavy atom. The van der Waals surface area contributed by atoms with Gasteiger partial charge in [-0.3, -0.25) is 52.7 Å². The molecule has 0 amide bonds. The van der Waals surface area contributed by atoms with E-state index in [2.05, 4.69) is 20.8 Å². The fourth-order valence-corrected chi connectivity index (χ4v) is 10.6. The molecule has 72 heavy (non-hydrogen) atoms. The zero-order chi connectivity index (χ0) is 53.7. The summed E-state index contributed by atoms with van der Waals surface area (Å²) in [5, 5.41) is 0. The zero-order valence-electron chi connectivity index (χ0n) is 43.2. The molecule has 2 saturated heterocycles. The minimum atomic E-state index is -1.51. The van der Waals surface area contributed by atoms with Gasteiger partial charge >= 0.3 is 53.7 Å². The highest BCUT2D eigenvalue weighted by Crippen LogP contribution is 2.66. The summed E-state index contributed by atoms with van der Waals surface area (Å²) in [6, 6.07) is 8.94. The van der Waals surface area contributed by atoms with E-state index in [0.717, 1.165) is 19.3 Å². The molecule has 11 atom stereocenters. The number of carbonyl (C=O) groups is 11. The van der Waals surface area contributed by atoms with Gasteiger partial charge in [-0.25, -0.2) is 0 Å². The summed E-state index contributed by atoms with van der Waals surface area (Å²) in [5.41, 5.74) is -1.53. The van der Waals surface area contributed by atoms with Crippen LogP contribution in [0.2, 0.25) is 0 Å². The summed E-state index contributed by atoms with van der Waals surface area (Å²) in [6.45, 7) is 17.0. The van der Waals surface area contributed by atoms with Crippen molar-refractivity contribution in [3.05, 3.63) is 30.3 Å². The van der Waals surface area contributed by atoms with E-state index in [1.165, 1.54) is 20.8 Å². The highest BCUT2D eigenvalue weighted by molar-refractivity contribution is 6.02. The molecule has 0 N–H and O–H groups in total. The van der Waals surface area contributed by atoms with Crippen molar-refractivity contribution in [2.75, 3.05) is 33.0 Å². The molecular formula is C53H72O19. The molecule has 2 aliphatic carbocycles. The second kappa shape index (κ2) is 25.6. The molecule has 0 spiro atoms. The van der Waals surface area contributed by atoms with E-state index in [1.54, 1.807) is 52.0 Å². The Kier molecular flexibility index (Phi) is 20.8. The molecule has 0 radical (unpaired) electrons. The Morgan fingerprint density at radius 2 is 1.26 bits per heavy atom. The summed E-state index contributed by atoms with van der Waals surface area (Å²) >= 11 is 0. The van der Waals surface area contributed by atoms with Crippen molar-refractivity contribution in [2.45, 2.75) is 133 Å². The fourth-order valence-electron chi connectivity index (χ4n) is 10.6. The van der Waals surface area contributed by atoms with Gasteiger partial charge in [0.05, 0.1) is 47.5 Å². The molecule has 11 unspecified atom stereocenters. The van der Waals surface area contributed by atoms with Crippen LogP contribution in [0.5, 0.6) is 5.75 Å². The van der Waals surface area contributed by atoms with Crippen LogP contribution in [0.1, 0.15) is 127 Å². The van der Waals surface area contributed by atoms with Crippen molar-refractivity contribution in [3.63, 3.8) is 0 Å². The molecule has 2 heterocycles. The normalized spacial score (nSPS) is 25.8. The number of benzene rings is 1. The molecule has 4 fully saturated rings. The molecule has 0 aromatic heterocycles. The Labute approximate surface area is 420 Å². The third-order valence-electron chi connectivity index (χ3n) is 15.4. The number of hydrogen-bond donors (Lipinski definition) is 0. The molecule has 5 rings (SSSR count). The van der Waals surface area contributed by atoms with Crippen molar-refractivity contribution >= 4 is 65.3 Å². The maximum absolute atomic E-state index is 13.3. The van der Waals surface area contributed by atoms with Crippen LogP contribution >= 0.6 is 0 Å². The highest BCUT2D eigenvalue weighted by Gasteiger charge is 2.64. The minimum absolute atomic E-state index is 0.00887. The third-order valence-corrected chi connectivity index (χ3v) is 15.4. The number of para-hydroxylation sites is 1. The first-order chi connectivity index (χ1) is 33.9. The zero-order valence-corrected chi connectivity index (χ0v) is 43.2. The van der Waals surface area contributed by atoms with Crippen LogP contribution < -0.4 is 4.74 Å². The average Bonchev–Trinajstić information content (AvgIpc) is 3.91. The Hall–Kier alpha value is -6.01. The van der Waals surface area contributed by atoms with Gasteiger partial charge in [-0.05, 0) is 95.1 Å². The smallest absolute Gasteiger partial charge is 0.318 e. The van der Waals surface area contributed by atoms with Gasteiger partial charge in [-0.2, -0.15) is 0 Å². The van der Waals surface area contributed by atoms with Crippen LogP contribution in [-0.4, -0.2) is 104 Å². The number of rotatable bonds is 25. The number of cyclic esters (lactones) is 4. The van der Waals surface area contributed by atoms with E-state index in [-0.39, 0.29) is 93.1 Å². The number of carbonyl (C=O) groups excluding carboxylic acids is 11. The lowest BCUT2D eigenvalue weighted by Gasteiger charge is -2.39. The van der Waals surface area contributed by atoms with E-state index in [9.17, 15) is 52.7 Å². The molecule has 2 saturated carbocycles. The van der Waals surface area contributed by atoms with Crippen LogP contribution in [-0.2, 0) is 85.9 Å². The molecule has 1 aromatic carbocycles. The molecule has 2 bridgehead atoms. The molecule has 1 aromatic rings. The number of Topliss-reactive ketones (excluding diaryl/α,β-unsaturated/α-hetero) is 2. The van der Waals surface area contributed by atoms with Crippen LogP contribution in [0.4, 0.5) is 0 Å². The second-order valence-electron chi connectivity index (χ2n) is 20.4. The van der Waals surface area contributed by atoms with Gasteiger partial charge in [0, 0.05) is 5.41 Å². The van der Waals surface area contributed by atoms with Gasteiger partial charge in [-0.1, -0.05) is 66.7 Å². The van der Waals surface area contributed by atoms with Gasteiger partial charge in [0.2, 0.25) is 0 Å². The van der Waals surface area contributed by atoms with Crippen molar-refractivity contribution in [1.29, 1.82) is 0 Å². The Morgan fingerprint density at radius 3 is 1.82 bits per heavy atom. The molecule has 398 valence electrons. The van der Waals surface area contributed by atoms with Crippen LogP contribution in [0.25, 0.3) is 0 Å². The summed E-state index contributed by atoms with van der Waals surface area (Å²) in [4.78, 5) is 135. The van der Waals surface area contributed by atoms with Gasteiger partial charge in [-0.15, -0.1) is 0 Å². The lowest BCUT2D eigenvalue weighted by atomic mass is 9.66. The van der Waals surface area contributed by atoms with E-state index in [4.69, 9.17) is 37.9 Å². The lowest BCUT2D eigenvalue weighted by Crippen LogP contribution is -2.46. The Bertz CT molecular complexity index is 2180. The number of hydrogen-bond acceptors (Lipinski definition) is 19. The standard InChI is InChI=1S/C27H34O11.C26H38O8/c1-5-19(23(30)36-14-12-34-18-10-8-7-9-11-18)21-22(25(32)38-24(21)31)27(4,6-2)26(33)37-15-13-35-20(29)16-17(3)28;1-7-17(22(29)33-19-12-16-8-9-26(19,6)25(16,4)5)21-18(23(30)34-24(21)31)10-14(2)13-32-20(28)11-15(3)27/h7-11,19,21-22H,5-6,12-16H2,1-4H3;14,16-19,21H,7-13H2,1-6H3. The molecule has 2 aliphatic heterocycles. The maximum Gasteiger partial charge on any atom is 0.318 e. The van der Waals surface area contributed by atoms with E-state index in [0.29, 0.717) is 18.1 Å². The SMILES string of the molecule is CCC(C(=O)OC1CC2CCC1(C)C2(C)C)C1C(=O)OC(=O)C1CC(C)COC(=O)CC(C)=O.CCC(C(=O)OCCOc1ccccc1)C1C(=O)OC(=O)C1C(C)(CC)C(=O)OCCOC(=O)CC(C)=O. The van der Waals surface area contributed by atoms with Gasteiger partial charge < -0.3 is 37.9 Å². The topological polar surface area (TPSA) is 262 Å². The number of ketones is 2. The first-order valence-corrected chi connectivity index (χ1v) is 24.9. The second-order valence-corrected chi connectivity index (χ2v) is 20.4. The van der Waals surface area contributed by atoms with Crippen LogP contribution in [0.3, 0.4) is 0 Å². The van der Waals surface area contributed by atoms with Crippen molar-refractivity contribution < 1.29 is 90.6 Å². The van der Waals surface area contributed by atoms with Crippen LogP contribution in [0, 0.1) is 63.6 Å². The summed E-state index contributed by atoms with van der Waals surface area (Å²) < 4.78 is 41.9. The van der Waals surface area contributed by atoms with Gasteiger partial charge in [0.25, 0.3) is 0 Å². The molecule has 19 nitrogen and oxygen atoms in total. The number of fused-ring (bicyclic) bond motifs is 2. The molecular weight excluding hydrogens is 941 g/mol. The van der Waals surface area contributed by atoms with Crippen LogP contribution in [0.15, 0.2) is 30.3 Å². The van der Waals surface area contributed by atoms with Crippen molar-refractivity contribution in [3.8, 4) is 5.75 Å². The highest BCUT2D eigenvalue weighted by atomic mass is 16.6. The molecule has 4 aliphatic rings. The largest absolute Gasteiger partial charge is 0.490 e. The van der Waals surface area contributed by atoms with Crippen molar-refractivity contribution in [1.82, 2.24) is 0 Å². The lowest BCUT2D eigenvalue weighted by molar-refractivity contribution is -0.169. The first kappa shape index (κ1) is 58.6. The number of ether oxygens (including phenoxy) is 8. The molecule has 19 heteroatoms. The van der Waals surface area contributed by atoms with E-state index in [1.807, 2.05) is 6.07 Å². The minimum Gasteiger partial charge on any atom is -0.490 e. The first-order valence-electron chi connectivity index (χ1n) is 24.9. The fraction of sp³-hybridized carbons (Fsp3) is 0.679. The maximum atomic E-state index is 13.3. The van der Waals surface area contributed by atoms with Crippen molar-refractivity contribution in [2.24, 2.45) is 63.6 Å². The van der Waals surface area contributed by atoms with Gasteiger partial charge in [0.1, 0.15) is 62.7 Å². The summed E-state index contributed by atoms with van der Waals surface area (Å²) in [5.74, 6) is -12.4. The Balaban J connectivity index is 0.000000314. The third kappa shape index (κ3) is 13.9. The predicted octanol–water partition coefficient (Wildman–Crippen LogP) is 6.07. The van der Waals surface area contributed by atoms with E-state index < -0.39 is 101 Å².